The largest absolute Gasteiger partial charge is 1.51 e. The number of methoxy groups -OCH3 is 2. The summed E-state index contributed by atoms with van der Waals surface area (Å²) in [5, 5.41) is 0. The van der Waals surface area contributed by atoms with E-state index in [0.29, 0.717) is 11.1 Å². The number of hydrogen-bond acceptors (Lipinski definition) is 12. The summed E-state index contributed by atoms with van der Waals surface area (Å²) in [6.45, 7) is 21.7. The van der Waals surface area contributed by atoms with Crippen LogP contribution in [0.15, 0.2) is 34.3 Å². The zero-order valence-corrected chi connectivity index (χ0v) is 27.1. The van der Waals surface area contributed by atoms with E-state index in [4.69, 9.17) is 4.74 Å². The second-order valence-electron chi connectivity index (χ2n) is 9.24. The molecule has 0 atom stereocenters. The van der Waals surface area contributed by atoms with Crippen LogP contribution < -0.4 is 0 Å². The summed E-state index contributed by atoms with van der Waals surface area (Å²) in [6, 6.07) is 0. The van der Waals surface area contributed by atoms with Crippen LogP contribution in [0.25, 0.3) is 0 Å². The summed E-state index contributed by atoms with van der Waals surface area (Å²) in [4.78, 5) is 68.6. The van der Waals surface area contributed by atoms with Crippen LogP contribution in [0.4, 0.5) is 0 Å². The molecular formula is C28H47N2O10P-2. The van der Waals surface area contributed by atoms with E-state index in [2.05, 4.69) is 37.4 Å². The molecule has 0 aliphatic heterocycles. The highest BCUT2D eigenvalue weighted by atomic mass is 31.0. The van der Waals surface area contributed by atoms with Gasteiger partial charge in [-0.25, -0.2) is 29.2 Å². The van der Waals surface area contributed by atoms with E-state index in [9.17, 15) is 28.8 Å². The van der Waals surface area contributed by atoms with E-state index in [1.807, 2.05) is 41.5 Å². The predicted octanol–water partition coefficient (Wildman–Crippen LogP) is 4.67. The van der Waals surface area contributed by atoms with E-state index in [1.165, 1.54) is 26.4 Å². The Morgan fingerprint density at radius 3 is 1.29 bits per heavy atom. The maximum absolute atomic E-state index is 11.3. The van der Waals surface area contributed by atoms with Gasteiger partial charge < -0.3 is 28.8 Å². The fraction of sp³-hybridized carbons (Fsp3) is 0.643. The Hall–Kier alpha value is -3.45. The summed E-state index contributed by atoms with van der Waals surface area (Å²) < 4.78 is 18.3. The molecular weight excluding hydrogens is 555 g/mol. The second kappa shape index (κ2) is 28.1. The monoisotopic (exact) mass is 602 g/mol. The Morgan fingerprint density at radius 2 is 1.05 bits per heavy atom. The zero-order chi connectivity index (χ0) is 32.4. The summed E-state index contributed by atoms with van der Waals surface area (Å²) in [5.41, 5.74) is 0.00204. The van der Waals surface area contributed by atoms with Crippen molar-refractivity contribution >= 4 is 45.9 Å². The third-order valence-electron chi connectivity index (χ3n) is 4.94. The molecule has 13 heteroatoms. The van der Waals surface area contributed by atoms with Crippen molar-refractivity contribution in [2.24, 2.45) is 20.8 Å². The molecule has 12 nitrogen and oxygen atoms in total. The number of isocyanates is 2. The number of ether oxygens (including phenoxy) is 4. The molecule has 0 saturated heterocycles. The molecule has 0 saturated carbocycles. The van der Waals surface area contributed by atoms with Gasteiger partial charge in [0, 0.05) is 11.1 Å². The molecule has 0 amide bonds. The van der Waals surface area contributed by atoms with Crippen LogP contribution >= 0.6 is 9.90 Å². The van der Waals surface area contributed by atoms with Crippen molar-refractivity contribution < 1.29 is 47.7 Å². The second-order valence-corrected chi connectivity index (χ2v) is 9.24. The molecule has 0 heterocycles. The van der Waals surface area contributed by atoms with E-state index in [0.717, 1.165) is 12.8 Å². The molecule has 0 fully saturated rings. The van der Waals surface area contributed by atoms with Gasteiger partial charge in [0.05, 0.1) is 38.1 Å². The van der Waals surface area contributed by atoms with E-state index >= 15 is 0 Å². The average molecular weight is 603 g/mol. The fourth-order valence-electron chi connectivity index (χ4n) is 1.52. The van der Waals surface area contributed by atoms with Gasteiger partial charge in [0.1, 0.15) is 13.2 Å². The summed E-state index contributed by atoms with van der Waals surface area (Å²) in [5.74, 6) is -1.20. The van der Waals surface area contributed by atoms with Gasteiger partial charge in [-0.1, -0.05) is 27.0 Å². The molecule has 0 unspecified atom stereocenters. The first-order chi connectivity index (χ1) is 18.4. The lowest BCUT2D eigenvalue weighted by Crippen LogP contribution is -2.26. The number of esters is 4. The van der Waals surface area contributed by atoms with Gasteiger partial charge in [0.2, 0.25) is 12.2 Å². The first-order valence-electron chi connectivity index (χ1n) is 12.3. The number of nitrogens with zero attached hydrogens (tertiary/aromatic N) is 2. The lowest BCUT2D eigenvalue weighted by Gasteiger charge is -2.19. The van der Waals surface area contributed by atoms with E-state index < -0.39 is 11.4 Å². The molecule has 236 valence electrons. The highest BCUT2D eigenvalue weighted by molar-refractivity contribution is 6.92. The van der Waals surface area contributed by atoms with Crippen molar-refractivity contribution in [1.82, 2.24) is 0 Å². The van der Waals surface area contributed by atoms with Gasteiger partial charge in [-0.3, -0.25) is 9.59 Å². The van der Waals surface area contributed by atoms with Crippen LogP contribution in [0.5, 0.6) is 0 Å². The summed E-state index contributed by atoms with van der Waals surface area (Å²) in [7, 11) is 2.75. The maximum atomic E-state index is 11.3. The Balaban J connectivity index is -0.000000143. The van der Waals surface area contributed by atoms with Crippen molar-refractivity contribution in [3.05, 3.63) is 24.3 Å². The fourth-order valence-corrected chi connectivity index (χ4v) is 1.52. The first-order valence-corrected chi connectivity index (χ1v) is 12.3. The van der Waals surface area contributed by atoms with Gasteiger partial charge in [0.15, 0.2) is 0 Å². The molecule has 41 heavy (non-hydrogen) atoms. The normalized spacial score (nSPS) is 9.22. The molecule has 0 aromatic rings. The molecule has 0 aromatic heterocycles. The molecule has 0 aromatic carbocycles. The molecule has 0 aliphatic rings. The third kappa shape index (κ3) is 29.4. The number of rotatable bonds is 12. The van der Waals surface area contributed by atoms with Crippen LogP contribution in [0, 0.1) is 10.8 Å². The van der Waals surface area contributed by atoms with Crippen LogP contribution in [-0.4, -0.2) is 76.6 Å². The summed E-state index contributed by atoms with van der Waals surface area (Å²) in [6.07, 6.45) is 4.25. The highest BCUT2D eigenvalue weighted by Crippen LogP contribution is 2.21. The van der Waals surface area contributed by atoms with Gasteiger partial charge in [-0.2, -0.15) is 0 Å². The molecule has 0 bridgehead atoms. The lowest BCUT2D eigenvalue weighted by molar-refractivity contribution is -0.154. The average Bonchev–Trinajstić information content (AvgIpc) is 2.92. The SMILES string of the molecule is C=C(C)C(=O)OC.C=C(C)C(=O)OCCN=C=O.CCC(C)(C)C(=O)OC.CCC(C)(C)C(=O)OCCN=C=O.[PH-2]. The van der Waals surface area contributed by atoms with Crippen LogP contribution in [-0.2, 0) is 47.7 Å². The van der Waals surface area contributed by atoms with Gasteiger partial charge >= 0.3 is 23.9 Å². The topological polar surface area (TPSA) is 164 Å². The van der Waals surface area contributed by atoms with Crippen molar-refractivity contribution in [2.45, 2.75) is 68.2 Å². The summed E-state index contributed by atoms with van der Waals surface area (Å²) >= 11 is 0. The quantitative estimate of drug-likeness (QED) is 0.0583. The molecule has 0 spiro atoms. The Bertz CT molecular complexity index is 917. The van der Waals surface area contributed by atoms with Crippen molar-refractivity contribution in [3.8, 4) is 0 Å². The maximum Gasteiger partial charge on any atom is 0.333 e. The Labute approximate surface area is 247 Å². The van der Waals surface area contributed by atoms with E-state index in [-0.39, 0.29) is 59.5 Å². The molecule has 0 radical (unpaired) electrons. The number of aliphatic imine (C=N–C) groups is 2. The van der Waals surface area contributed by atoms with Gasteiger partial charge in [-0.15, -0.1) is 0 Å². The van der Waals surface area contributed by atoms with Gasteiger partial charge in [-0.05, 0) is 54.4 Å². The number of carbonyl (C=O) groups is 4. The highest BCUT2D eigenvalue weighted by Gasteiger charge is 2.27. The number of carbonyl (C=O) groups excluding carboxylic acids is 6. The Kier molecular flexibility index (Phi) is 32.4. The minimum atomic E-state index is -0.467. The standard InChI is InChI=1S/C9H15NO3.C7H9NO3.C7H14O2.C5H8O2.HP/c1-4-9(2,3)8(12)13-6-5-10-7-11;1-6(2)7(10)11-4-3-8-5-9;1-5-7(2,3)6(8)9-4;1-4(2)5(6)7-3;/h4-6H2,1-3H3;1,3-4H2,2H3;5H2,1-4H3;1H2,2-3H3;1H/q;;;;-2. The van der Waals surface area contributed by atoms with Crippen molar-refractivity contribution in [1.29, 1.82) is 0 Å². The predicted molar refractivity (Wildman–Crippen MR) is 158 cm³/mol. The molecule has 0 rings (SSSR count). The first kappa shape index (κ1) is 47.3. The lowest BCUT2D eigenvalue weighted by atomic mass is 9.91. The third-order valence-corrected chi connectivity index (χ3v) is 4.94. The number of hydrogen-bond donors (Lipinski definition) is 0. The van der Waals surface area contributed by atoms with Crippen LogP contribution in [0.1, 0.15) is 68.2 Å². The van der Waals surface area contributed by atoms with Crippen LogP contribution in [0.3, 0.4) is 0 Å². The minimum Gasteiger partial charge on any atom is -1.51 e. The molecule has 0 aliphatic carbocycles. The molecule has 0 N–H and O–H groups in total. The minimum absolute atomic E-state index is 0. The van der Waals surface area contributed by atoms with E-state index in [1.54, 1.807) is 13.8 Å². The Morgan fingerprint density at radius 1 is 0.683 bits per heavy atom. The van der Waals surface area contributed by atoms with Crippen molar-refractivity contribution in [2.75, 3.05) is 40.5 Å². The smallest absolute Gasteiger partial charge is 0.333 e. The van der Waals surface area contributed by atoms with Crippen LogP contribution in [0.2, 0.25) is 0 Å². The van der Waals surface area contributed by atoms with Gasteiger partial charge in [0.25, 0.3) is 0 Å². The zero-order valence-electron chi connectivity index (χ0n) is 26.1. The van der Waals surface area contributed by atoms with Crippen molar-refractivity contribution in [3.63, 3.8) is 0 Å².